The van der Waals surface area contributed by atoms with Crippen molar-refractivity contribution in [3.05, 3.63) is 59.3 Å². The molecule has 1 aliphatic rings. The number of fused-ring (bicyclic) bond motifs is 1. The summed E-state index contributed by atoms with van der Waals surface area (Å²) in [5, 5.41) is 13.4. The van der Waals surface area contributed by atoms with Gasteiger partial charge in [-0.2, -0.15) is 5.10 Å². The summed E-state index contributed by atoms with van der Waals surface area (Å²) in [6.07, 6.45) is 6.80. The molecule has 0 unspecified atom stereocenters. The molecule has 156 valence electrons. The number of aromatic nitrogens is 4. The highest BCUT2D eigenvalue weighted by Gasteiger charge is 2.30. The van der Waals surface area contributed by atoms with Crippen LogP contribution >= 0.6 is 0 Å². The fraction of sp³-hybridized carbons (Fsp3) is 0.182. The van der Waals surface area contributed by atoms with Gasteiger partial charge in [0.15, 0.2) is 0 Å². The number of pyridine rings is 2. The summed E-state index contributed by atoms with van der Waals surface area (Å²) in [6, 6.07) is 9.04. The van der Waals surface area contributed by atoms with Gasteiger partial charge in [0.1, 0.15) is 11.6 Å². The first kappa shape index (κ1) is 18.9. The van der Waals surface area contributed by atoms with E-state index in [1.807, 2.05) is 18.2 Å². The third-order valence-electron chi connectivity index (χ3n) is 5.23. The lowest BCUT2D eigenvalue weighted by Crippen LogP contribution is -2.16. The first-order valence-electron chi connectivity index (χ1n) is 9.90. The average Bonchev–Trinajstić information content (AvgIpc) is 3.48. The number of nitrogens with one attached hydrogen (secondary N) is 4. The van der Waals surface area contributed by atoms with Crippen LogP contribution in [0.1, 0.15) is 12.8 Å². The van der Waals surface area contributed by atoms with Crippen molar-refractivity contribution < 1.29 is 9.53 Å². The fourth-order valence-electron chi connectivity index (χ4n) is 3.55. The lowest BCUT2D eigenvalue weighted by molar-refractivity contribution is -0.117. The van der Waals surface area contributed by atoms with Gasteiger partial charge in [0.2, 0.25) is 5.91 Å². The number of nitrogens with zero attached hydrogens (tertiary/aromatic N) is 2. The number of benzene rings is 1. The molecule has 4 N–H and O–H groups in total. The second kappa shape index (κ2) is 7.60. The largest absolute Gasteiger partial charge is 0.494 e. The van der Waals surface area contributed by atoms with E-state index in [4.69, 9.17) is 4.74 Å². The Bertz CT molecular complexity index is 1330. The smallest absolute Gasteiger partial charge is 0.259 e. The Hall–Kier alpha value is -4.14. The van der Waals surface area contributed by atoms with Gasteiger partial charge < -0.3 is 20.4 Å². The Morgan fingerprint density at radius 1 is 1.23 bits per heavy atom. The molecule has 0 bridgehead atoms. The Labute approximate surface area is 176 Å². The minimum absolute atomic E-state index is 0.0415. The van der Waals surface area contributed by atoms with Crippen LogP contribution in [0.25, 0.3) is 22.0 Å². The zero-order chi connectivity index (χ0) is 21.4. The number of rotatable bonds is 6. The summed E-state index contributed by atoms with van der Waals surface area (Å²) >= 11 is 0. The van der Waals surface area contributed by atoms with Crippen LogP contribution in [0.5, 0.6) is 5.75 Å². The molecule has 0 saturated heterocycles. The topological polar surface area (TPSA) is 125 Å². The van der Waals surface area contributed by atoms with Gasteiger partial charge in [-0.05, 0) is 25.0 Å². The first-order chi connectivity index (χ1) is 15.1. The van der Waals surface area contributed by atoms with Crippen molar-refractivity contribution in [3.8, 4) is 16.9 Å². The number of ether oxygens (including phenoxy) is 1. The minimum atomic E-state index is -0.280. The van der Waals surface area contributed by atoms with Crippen molar-refractivity contribution in [2.75, 3.05) is 17.7 Å². The van der Waals surface area contributed by atoms with Crippen LogP contribution in [0, 0.1) is 5.92 Å². The van der Waals surface area contributed by atoms with Crippen LogP contribution in [-0.4, -0.2) is 33.2 Å². The number of amides is 1. The number of H-pyrrole nitrogens is 2. The number of anilines is 3. The van der Waals surface area contributed by atoms with Gasteiger partial charge in [0.05, 0.1) is 35.6 Å². The molecule has 3 aromatic heterocycles. The molecule has 0 radical (unpaired) electrons. The molecule has 4 aromatic rings. The number of aromatic amines is 2. The molecule has 1 aliphatic carbocycles. The summed E-state index contributed by atoms with van der Waals surface area (Å²) in [4.78, 5) is 32.0. The number of hydrogen-bond acceptors (Lipinski definition) is 6. The normalized spacial score (nSPS) is 13.2. The summed E-state index contributed by atoms with van der Waals surface area (Å²) in [5.74, 6) is 0.981. The zero-order valence-electron chi connectivity index (χ0n) is 16.7. The standard InChI is InChI=1S/C22H20N6O3/c1-31-20-14(13-10-24-25-11-13)3-2-4-16(20)26-17-9-18(28-21(29)12-5-6-12)27-15-7-8-23-22(30)19(15)17/h2-4,7-12H,5-6H2,1H3,(H,23,30)(H,24,25)(H2,26,27,28,29). The van der Waals surface area contributed by atoms with Crippen LogP contribution in [0.3, 0.4) is 0 Å². The van der Waals surface area contributed by atoms with Crippen molar-refractivity contribution >= 4 is 34.0 Å². The molecule has 5 rings (SSSR count). The lowest BCUT2D eigenvalue weighted by Gasteiger charge is -2.16. The molecule has 9 nitrogen and oxygen atoms in total. The molecule has 1 aromatic carbocycles. The zero-order valence-corrected chi connectivity index (χ0v) is 16.7. The Morgan fingerprint density at radius 3 is 2.84 bits per heavy atom. The Balaban J connectivity index is 1.61. The van der Waals surface area contributed by atoms with E-state index in [9.17, 15) is 9.59 Å². The van der Waals surface area contributed by atoms with Crippen LogP contribution in [0.2, 0.25) is 0 Å². The maximum atomic E-state index is 12.6. The summed E-state index contributed by atoms with van der Waals surface area (Å²) < 4.78 is 5.67. The van der Waals surface area contributed by atoms with E-state index >= 15 is 0 Å². The van der Waals surface area contributed by atoms with Crippen LogP contribution < -0.4 is 20.9 Å². The van der Waals surface area contributed by atoms with Crippen LogP contribution in [-0.2, 0) is 4.79 Å². The molecule has 9 heteroatoms. The van der Waals surface area contributed by atoms with Gasteiger partial charge in [-0.25, -0.2) is 4.98 Å². The monoisotopic (exact) mass is 416 g/mol. The van der Waals surface area contributed by atoms with Crippen molar-refractivity contribution in [3.63, 3.8) is 0 Å². The third kappa shape index (κ3) is 3.61. The van der Waals surface area contributed by atoms with Crippen LogP contribution in [0.15, 0.2) is 53.7 Å². The van der Waals surface area contributed by atoms with E-state index in [0.29, 0.717) is 33.8 Å². The van der Waals surface area contributed by atoms with Gasteiger partial charge in [-0.1, -0.05) is 12.1 Å². The molecular weight excluding hydrogens is 396 g/mol. The Morgan fingerprint density at radius 2 is 2.10 bits per heavy atom. The second-order valence-corrected chi connectivity index (χ2v) is 7.38. The highest BCUT2D eigenvalue weighted by molar-refractivity contribution is 5.99. The number of carbonyl (C=O) groups is 1. The number of methoxy groups -OCH3 is 1. The molecule has 31 heavy (non-hydrogen) atoms. The predicted octanol–water partition coefficient (Wildman–Crippen LogP) is 3.41. The quantitative estimate of drug-likeness (QED) is 0.382. The number of hydrogen-bond donors (Lipinski definition) is 4. The van der Waals surface area contributed by atoms with Crippen molar-refractivity contribution in [2.24, 2.45) is 5.92 Å². The van der Waals surface area contributed by atoms with Gasteiger partial charge in [0.25, 0.3) is 5.56 Å². The third-order valence-corrected chi connectivity index (χ3v) is 5.23. The van der Waals surface area contributed by atoms with Gasteiger partial charge in [-0.3, -0.25) is 14.7 Å². The first-order valence-corrected chi connectivity index (χ1v) is 9.90. The van der Waals surface area contributed by atoms with E-state index in [-0.39, 0.29) is 17.4 Å². The van der Waals surface area contributed by atoms with E-state index < -0.39 is 0 Å². The van der Waals surface area contributed by atoms with Gasteiger partial charge in [0, 0.05) is 35.5 Å². The molecule has 0 atom stereocenters. The molecule has 3 heterocycles. The average molecular weight is 416 g/mol. The van der Waals surface area contributed by atoms with E-state index in [2.05, 4.69) is 30.8 Å². The number of carbonyl (C=O) groups excluding carboxylic acids is 1. The molecule has 1 saturated carbocycles. The molecule has 0 spiro atoms. The lowest BCUT2D eigenvalue weighted by atomic mass is 10.1. The second-order valence-electron chi connectivity index (χ2n) is 7.38. The van der Waals surface area contributed by atoms with E-state index in [0.717, 1.165) is 24.0 Å². The highest BCUT2D eigenvalue weighted by Crippen LogP contribution is 2.38. The maximum absolute atomic E-state index is 12.6. The predicted molar refractivity (Wildman–Crippen MR) is 118 cm³/mol. The Kier molecular flexibility index (Phi) is 4.62. The fourth-order valence-corrected chi connectivity index (χ4v) is 3.55. The summed E-state index contributed by atoms with van der Waals surface area (Å²) in [6.45, 7) is 0. The molecule has 1 amide bonds. The maximum Gasteiger partial charge on any atom is 0.259 e. The summed E-state index contributed by atoms with van der Waals surface area (Å²) in [5.41, 5.74) is 3.09. The van der Waals surface area contributed by atoms with Crippen molar-refractivity contribution in [1.82, 2.24) is 20.2 Å². The van der Waals surface area contributed by atoms with Crippen molar-refractivity contribution in [1.29, 1.82) is 0 Å². The minimum Gasteiger partial charge on any atom is -0.494 e. The van der Waals surface area contributed by atoms with Gasteiger partial charge >= 0.3 is 0 Å². The van der Waals surface area contributed by atoms with Gasteiger partial charge in [-0.15, -0.1) is 0 Å². The van der Waals surface area contributed by atoms with Crippen LogP contribution in [0.4, 0.5) is 17.2 Å². The summed E-state index contributed by atoms with van der Waals surface area (Å²) in [7, 11) is 1.59. The molecule has 0 aliphatic heterocycles. The highest BCUT2D eigenvalue weighted by atomic mass is 16.5. The number of para-hydroxylation sites is 1. The SMILES string of the molecule is COc1c(Nc2cc(NC(=O)C3CC3)nc3cc[nH]c(=O)c23)cccc1-c1cn[nH]c1. The van der Waals surface area contributed by atoms with Crippen molar-refractivity contribution in [2.45, 2.75) is 12.8 Å². The van der Waals surface area contributed by atoms with E-state index in [1.165, 1.54) is 6.20 Å². The molecule has 1 fully saturated rings. The molecular formula is C22H20N6O3. The van der Waals surface area contributed by atoms with E-state index in [1.54, 1.807) is 31.6 Å².